The maximum absolute atomic E-state index is 5.28. The van der Waals surface area contributed by atoms with Crippen molar-refractivity contribution < 1.29 is 4.74 Å². The summed E-state index contributed by atoms with van der Waals surface area (Å²) in [4.78, 5) is 5.48. The minimum absolute atomic E-state index is 0.237. The number of nitrogens with zero attached hydrogens (tertiary/aromatic N) is 1. The third-order valence-corrected chi connectivity index (χ3v) is 2.86. The van der Waals surface area contributed by atoms with Gasteiger partial charge in [0, 0.05) is 18.2 Å². The van der Waals surface area contributed by atoms with Crippen LogP contribution in [0, 0.1) is 6.92 Å². The Morgan fingerprint density at radius 2 is 2.18 bits per heavy atom. The van der Waals surface area contributed by atoms with Crippen LogP contribution in [-0.2, 0) is 10.3 Å². The monoisotopic (exact) mass is 171 g/mol. The summed E-state index contributed by atoms with van der Waals surface area (Å²) in [6.45, 7) is 6.09. The Kier molecular flexibility index (Phi) is 2.30. The Labute approximate surface area is 71.2 Å². The summed E-state index contributed by atoms with van der Waals surface area (Å²) in [6, 6.07) is 0. The van der Waals surface area contributed by atoms with Gasteiger partial charge in [-0.05, 0) is 20.8 Å². The molecule has 0 N–H and O–H groups in total. The maximum atomic E-state index is 5.28. The van der Waals surface area contributed by atoms with Crippen LogP contribution in [0.15, 0.2) is 6.20 Å². The van der Waals surface area contributed by atoms with Gasteiger partial charge in [-0.25, -0.2) is 4.98 Å². The Balaban J connectivity index is 2.92. The van der Waals surface area contributed by atoms with E-state index in [2.05, 4.69) is 4.98 Å². The molecule has 0 radical (unpaired) electrons. The van der Waals surface area contributed by atoms with Gasteiger partial charge < -0.3 is 4.74 Å². The SMILES string of the molecule is COC(C)(C)c1ncc(C)s1. The van der Waals surface area contributed by atoms with Crippen LogP contribution in [0.2, 0.25) is 0 Å². The minimum Gasteiger partial charge on any atom is -0.372 e. The number of hydrogen-bond acceptors (Lipinski definition) is 3. The first-order chi connectivity index (χ1) is 5.06. The molecule has 1 rings (SSSR count). The molecule has 0 aliphatic carbocycles. The van der Waals surface area contributed by atoms with Crippen molar-refractivity contribution in [3.8, 4) is 0 Å². The largest absolute Gasteiger partial charge is 0.372 e. The van der Waals surface area contributed by atoms with Gasteiger partial charge >= 0.3 is 0 Å². The average Bonchev–Trinajstić information content (AvgIpc) is 2.36. The molecule has 0 saturated carbocycles. The zero-order chi connectivity index (χ0) is 8.48. The molecule has 0 amide bonds. The number of methoxy groups -OCH3 is 1. The van der Waals surface area contributed by atoms with E-state index >= 15 is 0 Å². The van der Waals surface area contributed by atoms with Crippen molar-refractivity contribution >= 4 is 11.3 Å². The fraction of sp³-hybridized carbons (Fsp3) is 0.625. The molecule has 3 heteroatoms. The van der Waals surface area contributed by atoms with Crippen LogP contribution in [0.5, 0.6) is 0 Å². The highest BCUT2D eigenvalue weighted by atomic mass is 32.1. The van der Waals surface area contributed by atoms with Crippen molar-refractivity contribution in [1.82, 2.24) is 4.98 Å². The van der Waals surface area contributed by atoms with E-state index in [1.165, 1.54) is 4.88 Å². The van der Waals surface area contributed by atoms with Gasteiger partial charge in [0.2, 0.25) is 0 Å². The molecule has 0 aromatic carbocycles. The van der Waals surface area contributed by atoms with Gasteiger partial charge in [-0.3, -0.25) is 0 Å². The zero-order valence-electron chi connectivity index (χ0n) is 7.34. The van der Waals surface area contributed by atoms with Crippen LogP contribution >= 0.6 is 11.3 Å². The first-order valence-electron chi connectivity index (χ1n) is 3.54. The van der Waals surface area contributed by atoms with Crippen molar-refractivity contribution in [2.45, 2.75) is 26.4 Å². The highest BCUT2D eigenvalue weighted by Gasteiger charge is 2.22. The van der Waals surface area contributed by atoms with Crippen LogP contribution in [0.3, 0.4) is 0 Å². The van der Waals surface area contributed by atoms with E-state index in [9.17, 15) is 0 Å². The average molecular weight is 171 g/mol. The third kappa shape index (κ3) is 1.79. The molecule has 62 valence electrons. The molecule has 0 saturated heterocycles. The van der Waals surface area contributed by atoms with Crippen LogP contribution in [0.4, 0.5) is 0 Å². The zero-order valence-corrected chi connectivity index (χ0v) is 8.16. The number of ether oxygens (including phenoxy) is 1. The standard InChI is InChI=1S/C8H13NOS/c1-6-5-9-7(11-6)8(2,3)10-4/h5H,1-4H3. The van der Waals surface area contributed by atoms with Crippen molar-refractivity contribution in [2.24, 2.45) is 0 Å². The highest BCUT2D eigenvalue weighted by Crippen LogP contribution is 2.27. The molecular formula is C8H13NOS. The molecule has 0 aliphatic rings. The molecule has 0 spiro atoms. The Bertz CT molecular complexity index is 242. The molecular weight excluding hydrogens is 158 g/mol. The lowest BCUT2D eigenvalue weighted by atomic mass is 10.1. The lowest BCUT2D eigenvalue weighted by molar-refractivity contribution is 0.0190. The molecule has 0 fully saturated rings. The summed E-state index contributed by atoms with van der Waals surface area (Å²) in [7, 11) is 1.71. The Morgan fingerprint density at radius 1 is 1.55 bits per heavy atom. The molecule has 0 unspecified atom stereocenters. The predicted molar refractivity (Wildman–Crippen MR) is 46.9 cm³/mol. The van der Waals surface area contributed by atoms with E-state index < -0.39 is 0 Å². The first kappa shape index (κ1) is 8.68. The van der Waals surface area contributed by atoms with Gasteiger partial charge in [-0.15, -0.1) is 11.3 Å². The van der Waals surface area contributed by atoms with Crippen molar-refractivity contribution in [1.29, 1.82) is 0 Å². The number of aromatic nitrogens is 1. The van der Waals surface area contributed by atoms with E-state index in [0.717, 1.165) is 5.01 Å². The maximum Gasteiger partial charge on any atom is 0.124 e. The minimum atomic E-state index is -0.237. The van der Waals surface area contributed by atoms with E-state index in [-0.39, 0.29) is 5.60 Å². The molecule has 1 aromatic heterocycles. The second kappa shape index (κ2) is 2.91. The van der Waals surface area contributed by atoms with Crippen LogP contribution in [0.25, 0.3) is 0 Å². The third-order valence-electron chi connectivity index (χ3n) is 1.65. The van der Waals surface area contributed by atoms with Crippen molar-refractivity contribution in [3.05, 3.63) is 16.1 Å². The second-order valence-corrected chi connectivity index (χ2v) is 4.23. The lowest BCUT2D eigenvalue weighted by Gasteiger charge is -2.19. The summed E-state index contributed by atoms with van der Waals surface area (Å²) in [5.74, 6) is 0. The molecule has 11 heavy (non-hydrogen) atoms. The molecule has 1 aromatic rings. The van der Waals surface area contributed by atoms with Gasteiger partial charge in [0.1, 0.15) is 10.6 Å². The van der Waals surface area contributed by atoms with E-state index in [4.69, 9.17) is 4.74 Å². The Hall–Kier alpha value is -0.410. The first-order valence-corrected chi connectivity index (χ1v) is 4.36. The number of hydrogen-bond donors (Lipinski definition) is 0. The van der Waals surface area contributed by atoms with E-state index in [1.807, 2.05) is 27.0 Å². The highest BCUT2D eigenvalue weighted by molar-refractivity contribution is 7.11. The quantitative estimate of drug-likeness (QED) is 0.681. The lowest BCUT2D eigenvalue weighted by Crippen LogP contribution is -2.18. The van der Waals surface area contributed by atoms with Gasteiger partial charge in [-0.1, -0.05) is 0 Å². The molecule has 0 atom stereocenters. The summed E-state index contributed by atoms with van der Waals surface area (Å²) in [6.07, 6.45) is 1.88. The summed E-state index contributed by atoms with van der Waals surface area (Å²) in [5.41, 5.74) is -0.237. The number of rotatable bonds is 2. The predicted octanol–water partition coefficient (Wildman–Crippen LogP) is 2.33. The van der Waals surface area contributed by atoms with Crippen LogP contribution in [-0.4, -0.2) is 12.1 Å². The summed E-state index contributed by atoms with van der Waals surface area (Å²) >= 11 is 1.68. The molecule has 2 nitrogen and oxygen atoms in total. The number of aryl methyl sites for hydroxylation is 1. The normalized spacial score (nSPS) is 12.0. The summed E-state index contributed by atoms with van der Waals surface area (Å²) < 4.78 is 5.28. The van der Waals surface area contributed by atoms with Crippen molar-refractivity contribution in [3.63, 3.8) is 0 Å². The van der Waals surface area contributed by atoms with Gasteiger partial charge in [0.25, 0.3) is 0 Å². The molecule has 0 bridgehead atoms. The fourth-order valence-electron chi connectivity index (χ4n) is 0.720. The molecule has 1 heterocycles. The topological polar surface area (TPSA) is 22.1 Å². The fourth-order valence-corrected chi connectivity index (χ4v) is 1.57. The van der Waals surface area contributed by atoms with Gasteiger partial charge in [0.15, 0.2) is 0 Å². The summed E-state index contributed by atoms with van der Waals surface area (Å²) in [5, 5.41) is 1.04. The van der Waals surface area contributed by atoms with E-state index in [1.54, 1.807) is 18.4 Å². The van der Waals surface area contributed by atoms with Crippen LogP contribution in [0.1, 0.15) is 23.7 Å². The van der Waals surface area contributed by atoms with Crippen molar-refractivity contribution in [2.75, 3.05) is 7.11 Å². The molecule has 0 aliphatic heterocycles. The van der Waals surface area contributed by atoms with Crippen LogP contribution < -0.4 is 0 Å². The Morgan fingerprint density at radius 3 is 2.55 bits per heavy atom. The van der Waals surface area contributed by atoms with Gasteiger partial charge in [-0.2, -0.15) is 0 Å². The smallest absolute Gasteiger partial charge is 0.124 e. The second-order valence-electron chi connectivity index (χ2n) is 2.99. The number of thiazole rings is 1. The van der Waals surface area contributed by atoms with E-state index in [0.29, 0.717) is 0 Å². The van der Waals surface area contributed by atoms with Gasteiger partial charge in [0.05, 0.1) is 0 Å².